The molecule has 5 nitrogen and oxygen atoms in total. The Morgan fingerprint density at radius 1 is 1.03 bits per heavy atom. The molecule has 0 unspecified atom stereocenters. The molecule has 1 amide bonds. The van der Waals surface area contributed by atoms with E-state index in [1.54, 1.807) is 54.2 Å². The number of carbonyl (C=O) groups is 1. The highest BCUT2D eigenvalue weighted by molar-refractivity contribution is 8.00. The van der Waals surface area contributed by atoms with E-state index in [-0.39, 0.29) is 22.1 Å². The van der Waals surface area contributed by atoms with Crippen LogP contribution in [0.15, 0.2) is 59.5 Å². The molecule has 2 aromatic rings. The number of hydrogen-bond acceptors (Lipinski definition) is 4. The molecule has 0 aliphatic carbocycles. The molecule has 0 heterocycles. The third-order valence-electron chi connectivity index (χ3n) is 4.23. The second kappa shape index (κ2) is 10.3. The van der Waals surface area contributed by atoms with Gasteiger partial charge in [0.1, 0.15) is 0 Å². The predicted octanol–water partition coefficient (Wildman–Crippen LogP) is 4.16. The maximum atomic E-state index is 12.8. The average molecular weight is 435 g/mol. The molecular formula is C22H30N2O3S2. The Bertz CT molecular complexity index is 890. The van der Waals surface area contributed by atoms with Gasteiger partial charge < -0.3 is 5.32 Å². The summed E-state index contributed by atoms with van der Waals surface area (Å²) in [5.74, 6) is 0.742. The Hall–Kier alpha value is -1.83. The molecule has 0 aliphatic heterocycles. The number of rotatable bonds is 9. The van der Waals surface area contributed by atoms with Crippen molar-refractivity contribution in [2.45, 2.75) is 43.9 Å². The third kappa shape index (κ3) is 7.17. The molecule has 1 N–H and O–H groups in total. The summed E-state index contributed by atoms with van der Waals surface area (Å²) in [6, 6.07) is 15.5. The largest absolute Gasteiger partial charge is 0.351 e. The van der Waals surface area contributed by atoms with Gasteiger partial charge in [0.25, 0.3) is 5.91 Å². The molecule has 0 saturated heterocycles. The highest BCUT2D eigenvalue weighted by Crippen LogP contribution is 2.22. The molecule has 0 saturated carbocycles. The van der Waals surface area contributed by atoms with Gasteiger partial charge >= 0.3 is 0 Å². The van der Waals surface area contributed by atoms with E-state index in [0.717, 1.165) is 11.3 Å². The second-order valence-electron chi connectivity index (χ2n) is 7.66. The van der Waals surface area contributed by atoms with Gasteiger partial charge in [-0.1, -0.05) is 58.0 Å². The third-order valence-corrected chi connectivity index (χ3v) is 7.44. The summed E-state index contributed by atoms with van der Waals surface area (Å²) in [5, 5.41) is 2.92. The van der Waals surface area contributed by atoms with Crippen LogP contribution in [0.1, 0.15) is 43.6 Å². The van der Waals surface area contributed by atoms with Gasteiger partial charge in [-0.2, -0.15) is 16.1 Å². The number of nitrogens with zero attached hydrogens (tertiary/aromatic N) is 1. The Morgan fingerprint density at radius 2 is 1.66 bits per heavy atom. The molecule has 0 aromatic heterocycles. The first-order valence-electron chi connectivity index (χ1n) is 9.70. The van der Waals surface area contributed by atoms with E-state index in [0.29, 0.717) is 18.7 Å². The van der Waals surface area contributed by atoms with E-state index in [1.807, 2.05) is 19.1 Å². The van der Waals surface area contributed by atoms with Crippen LogP contribution in [0, 0.1) is 0 Å². The second-order valence-corrected chi connectivity index (χ2v) is 11.5. The van der Waals surface area contributed by atoms with Crippen LogP contribution in [0.5, 0.6) is 0 Å². The summed E-state index contributed by atoms with van der Waals surface area (Å²) in [6.07, 6.45) is 0. The Kier molecular flexibility index (Phi) is 8.31. The zero-order valence-corrected chi connectivity index (χ0v) is 19.1. The lowest BCUT2D eigenvalue weighted by atomic mass is 10.1. The van der Waals surface area contributed by atoms with E-state index in [4.69, 9.17) is 0 Å². The minimum Gasteiger partial charge on any atom is -0.351 e. The highest BCUT2D eigenvalue weighted by Gasteiger charge is 2.23. The van der Waals surface area contributed by atoms with Gasteiger partial charge in [0, 0.05) is 35.7 Å². The zero-order chi connectivity index (χ0) is 21.5. The fourth-order valence-electron chi connectivity index (χ4n) is 2.70. The van der Waals surface area contributed by atoms with Gasteiger partial charge in [-0.25, -0.2) is 8.42 Å². The van der Waals surface area contributed by atoms with Crippen LogP contribution in [-0.4, -0.2) is 42.2 Å². The molecule has 29 heavy (non-hydrogen) atoms. The van der Waals surface area contributed by atoms with Crippen molar-refractivity contribution in [3.63, 3.8) is 0 Å². The quantitative estimate of drug-likeness (QED) is 0.602. The molecule has 0 spiro atoms. The summed E-state index contributed by atoms with van der Waals surface area (Å²) in [4.78, 5) is 12.6. The molecule has 0 fully saturated rings. The van der Waals surface area contributed by atoms with Crippen molar-refractivity contribution in [3.05, 3.63) is 65.7 Å². The molecular weight excluding hydrogens is 404 g/mol. The lowest BCUT2D eigenvalue weighted by Gasteiger charge is -2.20. The van der Waals surface area contributed by atoms with Crippen molar-refractivity contribution >= 4 is 27.7 Å². The van der Waals surface area contributed by atoms with E-state index < -0.39 is 10.0 Å². The minimum absolute atomic E-state index is 0.115. The average Bonchev–Trinajstić information content (AvgIpc) is 2.69. The van der Waals surface area contributed by atoms with Crippen LogP contribution in [0.4, 0.5) is 0 Å². The standard InChI is InChI=1S/C22H30N2O3S2/c1-5-24(29(26,27)20-9-7-6-8-10-20)17-18-11-13-19(14-12-18)21(25)23-15-16-28-22(2,3)4/h6-14H,5,15-17H2,1-4H3,(H,23,25). The van der Waals surface area contributed by atoms with E-state index in [9.17, 15) is 13.2 Å². The van der Waals surface area contributed by atoms with Crippen LogP contribution < -0.4 is 5.32 Å². The number of benzene rings is 2. The summed E-state index contributed by atoms with van der Waals surface area (Å²) < 4.78 is 27.2. The molecule has 0 aliphatic rings. The van der Waals surface area contributed by atoms with Crippen LogP contribution in [0.3, 0.4) is 0 Å². The Morgan fingerprint density at radius 3 is 2.21 bits per heavy atom. The van der Waals surface area contributed by atoms with E-state index in [1.165, 1.54) is 4.31 Å². The van der Waals surface area contributed by atoms with Gasteiger partial charge in [0.05, 0.1) is 4.90 Å². The molecule has 158 valence electrons. The van der Waals surface area contributed by atoms with Crippen LogP contribution in [0.2, 0.25) is 0 Å². The number of carbonyl (C=O) groups excluding carboxylic acids is 1. The van der Waals surface area contributed by atoms with E-state index >= 15 is 0 Å². The Labute approximate surface area is 178 Å². The van der Waals surface area contributed by atoms with Crippen LogP contribution in [0.25, 0.3) is 0 Å². The number of nitrogens with one attached hydrogen (secondary N) is 1. The zero-order valence-electron chi connectivity index (χ0n) is 17.5. The molecule has 0 atom stereocenters. The molecule has 7 heteroatoms. The Balaban J connectivity index is 1.98. The summed E-state index contributed by atoms with van der Waals surface area (Å²) >= 11 is 1.81. The minimum atomic E-state index is -3.55. The molecule has 2 aromatic carbocycles. The van der Waals surface area contributed by atoms with Crippen molar-refractivity contribution in [2.75, 3.05) is 18.8 Å². The summed E-state index contributed by atoms with van der Waals surface area (Å²) in [6.45, 7) is 9.50. The maximum Gasteiger partial charge on any atom is 0.251 e. The summed E-state index contributed by atoms with van der Waals surface area (Å²) in [5.41, 5.74) is 1.41. The van der Waals surface area contributed by atoms with Crippen LogP contribution >= 0.6 is 11.8 Å². The van der Waals surface area contributed by atoms with E-state index in [2.05, 4.69) is 26.1 Å². The van der Waals surface area contributed by atoms with Gasteiger partial charge in [-0.15, -0.1) is 0 Å². The predicted molar refractivity (Wildman–Crippen MR) is 121 cm³/mol. The monoisotopic (exact) mass is 434 g/mol. The van der Waals surface area contributed by atoms with Crippen molar-refractivity contribution in [2.24, 2.45) is 0 Å². The van der Waals surface area contributed by atoms with Crippen LogP contribution in [-0.2, 0) is 16.6 Å². The maximum absolute atomic E-state index is 12.8. The highest BCUT2D eigenvalue weighted by atomic mass is 32.2. The SMILES string of the molecule is CCN(Cc1ccc(C(=O)NCCSC(C)(C)C)cc1)S(=O)(=O)c1ccccc1. The van der Waals surface area contributed by atoms with Gasteiger partial charge in [0.2, 0.25) is 10.0 Å². The topological polar surface area (TPSA) is 66.5 Å². The summed E-state index contributed by atoms with van der Waals surface area (Å²) in [7, 11) is -3.55. The van der Waals surface area contributed by atoms with Crippen molar-refractivity contribution in [1.82, 2.24) is 9.62 Å². The van der Waals surface area contributed by atoms with Gasteiger partial charge in [0.15, 0.2) is 0 Å². The normalized spacial score (nSPS) is 12.2. The fourth-order valence-corrected chi connectivity index (χ4v) is 4.97. The number of sulfonamides is 1. The first-order valence-corrected chi connectivity index (χ1v) is 12.1. The molecule has 2 rings (SSSR count). The lowest BCUT2D eigenvalue weighted by Crippen LogP contribution is -2.30. The number of amides is 1. The smallest absolute Gasteiger partial charge is 0.251 e. The van der Waals surface area contributed by atoms with Crippen molar-refractivity contribution in [3.8, 4) is 0 Å². The lowest BCUT2D eigenvalue weighted by molar-refractivity contribution is 0.0956. The first kappa shape index (κ1) is 23.4. The number of hydrogen-bond donors (Lipinski definition) is 1. The molecule has 0 radical (unpaired) electrons. The van der Waals surface area contributed by atoms with Crippen molar-refractivity contribution in [1.29, 1.82) is 0 Å². The molecule has 0 bridgehead atoms. The van der Waals surface area contributed by atoms with Crippen molar-refractivity contribution < 1.29 is 13.2 Å². The van der Waals surface area contributed by atoms with Gasteiger partial charge in [-0.3, -0.25) is 4.79 Å². The van der Waals surface area contributed by atoms with Gasteiger partial charge in [-0.05, 0) is 29.8 Å². The first-order chi connectivity index (χ1) is 13.6. The number of thioether (sulfide) groups is 1. The fraction of sp³-hybridized carbons (Fsp3) is 0.409.